The smallest absolute Gasteiger partial charge is 0.417 e. The number of aromatic nitrogens is 1. The second kappa shape index (κ2) is 16.5. The van der Waals surface area contributed by atoms with Crippen molar-refractivity contribution < 1.29 is 27.2 Å². The first-order chi connectivity index (χ1) is 23.2. The van der Waals surface area contributed by atoms with Crippen molar-refractivity contribution in [3.05, 3.63) is 153 Å². The van der Waals surface area contributed by atoms with Crippen molar-refractivity contribution in [3.63, 3.8) is 0 Å². The molecule has 5 rings (SSSR count). The van der Waals surface area contributed by atoms with Crippen LogP contribution in [0.25, 0.3) is 0 Å². The molecule has 0 bridgehead atoms. The van der Waals surface area contributed by atoms with Gasteiger partial charge in [0.1, 0.15) is 5.75 Å². The Balaban J connectivity index is 1.25. The molecule has 1 N–H and O–H groups in total. The molecule has 0 aliphatic heterocycles. The molecule has 1 amide bonds. The first-order valence-electron chi connectivity index (χ1n) is 15.7. The lowest BCUT2D eigenvalue weighted by Gasteiger charge is -2.29. The Bertz CT molecular complexity index is 1720. The molecule has 10 heteroatoms. The van der Waals surface area contributed by atoms with E-state index in [1.54, 1.807) is 12.1 Å². The molecule has 0 atom stereocenters. The third-order valence-corrected chi connectivity index (χ3v) is 8.36. The van der Waals surface area contributed by atoms with Crippen LogP contribution in [0.2, 0.25) is 5.02 Å². The molecule has 6 nitrogen and oxygen atoms in total. The summed E-state index contributed by atoms with van der Waals surface area (Å²) in [5.74, 6) is 1.04. The standard InChI is InChI=1S/C38H37ClF3N3O3/c1-27-21-33(48-44-27)24-43-36(46)23-28-11-8-17-32(22-28)47-20-10-19-45(25-31-16-9-18-35(37(31)39)38(40,41)42)26-34(29-12-4-2-5-13-29)30-14-6-3-7-15-30/h2-9,11-18,21-22,34H,10,19-20,23-26H2,1H3,(H,43,46). The molecule has 0 spiro atoms. The minimum Gasteiger partial charge on any atom is -0.494 e. The molecule has 48 heavy (non-hydrogen) atoms. The molecule has 250 valence electrons. The summed E-state index contributed by atoms with van der Waals surface area (Å²) < 4.78 is 52.3. The predicted molar refractivity (Wildman–Crippen MR) is 180 cm³/mol. The number of nitrogens with zero attached hydrogens (tertiary/aromatic N) is 2. The van der Waals surface area contributed by atoms with Gasteiger partial charge in [0.25, 0.3) is 0 Å². The minimum atomic E-state index is -4.55. The fraction of sp³-hybridized carbons (Fsp3) is 0.263. The van der Waals surface area contributed by atoms with Crippen molar-refractivity contribution in [2.45, 2.75) is 44.9 Å². The highest BCUT2D eigenvalue weighted by molar-refractivity contribution is 6.32. The Morgan fingerprint density at radius 3 is 2.27 bits per heavy atom. The van der Waals surface area contributed by atoms with Gasteiger partial charge in [0, 0.05) is 31.6 Å². The fourth-order valence-corrected chi connectivity index (χ4v) is 5.88. The van der Waals surface area contributed by atoms with Crippen LogP contribution in [-0.2, 0) is 30.5 Å². The molecule has 1 aromatic heterocycles. The van der Waals surface area contributed by atoms with Crippen LogP contribution in [0.5, 0.6) is 5.75 Å². The first kappa shape index (κ1) is 34.7. The zero-order chi connectivity index (χ0) is 33.9. The van der Waals surface area contributed by atoms with E-state index in [2.05, 4.69) is 39.6 Å². The van der Waals surface area contributed by atoms with Gasteiger partial charge in [-0.15, -0.1) is 0 Å². The molecule has 1 heterocycles. The number of hydrogen-bond acceptors (Lipinski definition) is 5. The SMILES string of the molecule is Cc1cc(CNC(=O)Cc2cccc(OCCCN(Cc3cccc(C(F)(F)F)c3Cl)CC(c3ccccc3)c3ccccc3)c2)on1. The summed E-state index contributed by atoms with van der Waals surface area (Å²) in [5, 5.41) is 6.37. The Morgan fingerprint density at radius 2 is 1.62 bits per heavy atom. The van der Waals surface area contributed by atoms with Crippen LogP contribution in [0.1, 0.15) is 51.6 Å². The number of aryl methyl sites for hydroxylation is 1. The number of rotatable bonds is 15. The van der Waals surface area contributed by atoms with Crippen LogP contribution in [0.15, 0.2) is 114 Å². The van der Waals surface area contributed by atoms with Crippen molar-refractivity contribution in [2.24, 2.45) is 0 Å². The van der Waals surface area contributed by atoms with Crippen molar-refractivity contribution >= 4 is 17.5 Å². The lowest BCUT2D eigenvalue weighted by Crippen LogP contribution is -2.31. The second-order valence-corrected chi connectivity index (χ2v) is 12.0. The van der Waals surface area contributed by atoms with Crippen LogP contribution < -0.4 is 10.1 Å². The zero-order valence-corrected chi connectivity index (χ0v) is 27.3. The van der Waals surface area contributed by atoms with Gasteiger partial charge in [-0.3, -0.25) is 9.69 Å². The molecular weight excluding hydrogens is 639 g/mol. The number of alkyl halides is 3. The van der Waals surface area contributed by atoms with Crippen molar-refractivity contribution in [1.29, 1.82) is 0 Å². The summed E-state index contributed by atoms with van der Waals surface area (Å²) in [6.07, 6.45) is -3.77. The van der Waals surface area contributed by atoms with E-state index in [0.717, 1.165) is 28.5 Å². The maximum atomic E-state index is 13.7. The van der Waals surface area contributed by atoms with E-state index >= 15 is 0 Å². The molecule has 0 fully saturated rings. The topological polar surface area (TPSA) is 67.6 Å². The number of ether oxygens (including phenoxy) is 1. The predicted octanol–water partition coefficient (Wildman–Crippen LogP) is 8.62. The number of carbonyl (C=O) groups is 1. The minimum absolute atomic E-state index is 0.0196. The van der Waals surface area contributed by atoms with Gasteiger partial charge in [-0.1, -0.05) is 102 Å². The third kappa shape index (κ3) is 9.95. The summed E-state index contributed by atoms with van der Waals surface area (Å²) in [7, 11) is 0. The highest BCUT2D eigenvalue weighted by Crippen LogP contribution is 2.37. The second-order valence-electron chi connectivity index (χ2n) is 11.6. The maximum absolute atomic E-state index is 13.7. The van der Waals surface area contributed by atoms with Gasteiger partial charge in [0.05, 0.1) is 35.9 Å². The average molecular weight is 676 g/mol. The van der Waals surface area contributed by atoms with Crippen LogP contribution in [0, 0.1) is 6.92 Å². The summed E-state index contributed by atoms with van der Waals surface area (Å²) >= 11 is 6.34. The van der Waals surface area contributed by atoms with Gasteiger partial charge in [-0.2, -0.15) is 13.2 Å². The first-order valence-corrected chi connectivity index (χ1v) is 16.1. The number of benzene rings is 4. The number of nitrogens with one attached hydrogen (secondary N) is 1. The van der Waals surface area contributed by atoms with E-state index in [1.807, 2.05) is 67.6 Å². The normalized spacial score (nSPS) is 11.6. The molecule has 0 radical (unpaired) electrons. The Hall–Kier alpha value is -4.60. The number of amides is 1. The van der Waals surface area contributed by atoms with Crippen LogP contribution in [0.4, 0.5) is 13.2 Å². The van der Waals surface area contributed by atoms with Gasteiger partial charge in [0.15, 0.2) is 5.76 Å². The maximum Gasteiger partial charge on any atom is 0.417 e. The summed E-state index contributed by atoms with van der Waals surface area (Å²) in [4.78, 5) is 14.6. The molecular formula is C38H37ClF3N3O3. The van der Waals surface area contributed by atoms with Gasteiger partial charge in [-0.25, -0.2) is 0 Å². The highest BCUT2D eigenvalue weighted by atomic mass is 35.5. The van der Waals surface area contributed by atoms with E-state index in [1.165, 1.54) is 6.07 Å². The summed E-state index contributed by atoms with van der Waals surface area (Å²) in [6, 6.07) is 33.3. The van der Waals surface area contributed by atoms with Crippen molar-refractivity contribution in [1.82, 2.24) is 15.4 Å². The number of halogens is 4. The van der Waals surface area contributed by atoms with Gasteiger partial charge < -0.3 is 14.6 Å². The van der Waals surface area contributed by atoms with Crippen molar-refractivity contribution in [3.8, 4) is 5.75 Å². The molecule has 0 saturated carbocycles. The lowest BCUT2D eigenvalue weighted by atomic mass is 9.90. The van der Waals surface area contributed by atoms with Gasteiger partial charge in [0.2, 0.25) is 5.91 Å². The van der Waals surface area contributed by atoms with E-state index in [9.17, 15) is 18.0 Å². The monoisotopic (exact) mass is 675 g/mol. The van der Waals surface area contributed by atoms with Crippen LogP contribution >= 0.6 is 11.6 Å². The lowest BCUT2D eigenvalue weighted by molar-refractivity contribution is -0.137. The zero-order valence-electron chi connectivity index (χ0n) is 26.6. The fourth-order valence-electron chi connectivity index (χ4n) is 5.59. The Labute approximate surface area is 283 Å². The highest BCUT2D eigenvalue weighted by Gasteiger charge is 2.34. The van der Waals surface area contributed by atoms with Gasteiger partial charge >= 0.3 is 6.18 Å². The van der Waals surface area contributed by atoms with E-state index in [4.69, 9.17) is 20.9 Å². The van der Waals surface area contributed by atoms with Crippen LogP contribution in [-0.4, -0.2) is 35.7 Å². The molecule has 4 aromatic carbocycles. The number of carbonyl (C=O) groups excluding carboxylic acids is 1. The third-order valence-electron chi connectivity index (χ3n) is 7.91. The largest absolute Gasteiger partial charge is 0.494 e. The molecule has 0 unspecified atom stereocenters. The molecule has 5 aromatic rings. The van der Waals surface area contributed by atoms with E-state index < -0.39 is 11.7 Å². The summed E-state index contributed by atoms with van der Waals surface area (Å²) in [5.41, 5.74) is 3.34. The average Bonchev–Trinajstić information content (AvgIpc) is 3.50. The molecule has 0 aliphatic carbocycles. The number of hydrogen-bond donors (Lipinski definition) is 1. The molecule has 0 aliphatic rings. The van der Waals surface area contributed by atoms with Crippen molar-refractivity contribution in [2.75, 3.05) is 19.7 Å². The van der Waals surface area contributed by atoms with E-state index in [0.29, 0.717) is 43.2 Å². The molecule has 0 saturated heterocycles. The Morgan fingerprint density at radius 1 is 0.938 bits per heavy atom. The van der Waals surface area contributed by atoms with Crippen LogP contribution in [0.3, 0.4) is 0 Å². The quantitative estimate of drug-likeness (QED) is 0.113. The summed E-state index contributed by atoms with van der Waals surface area (Å²) in [6.45, 7) is 3.78. The van der Waals surface area contributed by atoms with E-state index in [-0.39, 0.29) is 36.4 Å². The Kier molecular flexibility index (Phi) is 11.9. The van der Waals surface area contributed by atoms with Gasteiger partial charge in [-0.05, 0) is 53.8 Å².